The van der Waals surface area contributed by atoms with E-state index in [4.69, 9.17) is 5.73 Å². The van der Waals surface area contributed by atoms with Crippen LogP contribution >= 0.6 is 0 Å². The molecule has 28 heavy (non-hydrogen) atoms. The van der Waals surface area contributed by atoms with Gasteiger partial charge in [-0.3, -0.25) is 4.79 Å². The Morgan fingerprint density at radius 2 is 2.11 bits per heavy atom. The van der Waals surface area contributed by atoms with Crippen LogP contribution in [0.5, 0.6) is 0 Å². The Bertz CT molecular complexity index is 1090. The lowest BCUT2D eigenvalue weighted by atomic mass is 9.88. The number of carbonyl (C=O) groups excluding carboxylic acids is 1. The van der Waals surface area contributed by atoms with Gasteiger partial charge in [-0.15, -0.1) is 0 Å². The van der Waals surface area contributed by atoms with E-state index >= 15 is 0 Å². The summed E-state index contributed by atoms with van der Waals surface area (Å²) < 4.78 is 13.5. The van der Waals surface area contributed by atoms with Gasteiger partial charge in [0.05, 0.1) is 12.2 Å². The average Bonchev–Trinajstić information content (AvgIpc) is 3.37. The number of nitrogens with zero attached hydrogens (tertiary/aromatic N) is 3. The predicted octanol–water partition coefficient (Wildman–Crippen LogP) is 2.32. The molecule has 1 amide bonds. The Hall–Kier alpha value is -3.49. The van der Waals surface area contributed by atoms with E-state index in [1.165, 1.54) is 18.5 Å². The van der Waals surface area contributed by atoms with Crippen molar-refractivity contribution in [2.45, 2.75) is 12.5 Å². The van der Waals surface area contributed by atoms with Gasteiger partial charge in [0.25, 0.3) is 0 Å². The molecule has 5 N–H and O–H groups in total. The van der Waals surface area contributed by atoms with Crippen LogP contribution in [0, 0.1) is 23.6 Å². The number of hydrogen-bond donors (Lipinski definition) is 4. The van der Waals surface area contributed by atoms with Gasteiger partial charge in [0.15, 0.2) is 11.5 Å². The number of H-pyrrole nitrogens is 1. The number of allylic oxidation sites excluding steroid dienone is 1. The van der Waals surface area contributed by atoms with Gasteiger partial charge in [-0.1, -0.05) is 18.2 Å². The van der Waals surface area contributed by atoms with Crippen molar-refractivity contribution in [2.75, 3.05) is 10.6 Å². The minimum absolute atomic E-state index is 0.143. The average molecular weight is 379 g/mol. The summed E-state index contributed by atoms with van der Waals surface area (Å²) in [5.74, 6) is 0.215. The van der Waals surface area contributed by atoms with Gasteiger partial charge in [0.1, 0.15) is 11.3 Å². The number of fused-ring (bicyclic) bond motifs is 3. The van der Waals surface area contributed by atoms with Crippen LogP contribution in [-0.2, 0) is 4.79 Å². The maximum Gasteiger partial charge on any atom is 0.231 e. The highest BCUT2D eigenvalue weighted by atomic mass is 19.1. The third kappa shape index (κ3) is 2.75. The second-order valence-electron chi connectivity index (χ2n) is 7.18. The molecule has 2 heterocycles. The maximum absolute atomic E-state index is 13.5. The van der Waals surface area contributed by atoms with Gasteiger partial charge in [-0.05, 0) is 36.5 Å². The number of halogens is 1. The van der Waals surface area contributed by atoms with Crippen LogP contribution < -0.4 is 16.4 Å². The number of benzene rings is 1. The van der Waals surface area contributed by atoms with Crippen LogP contribution in [0.25, 0.3) is 11.2 Å². The first kappa shape index (κ1) is 16.7. The molecule has 2 bridgehead atoms. The summed E-state index contributed by atoms with van der Waals surface area (Å²) in [5, 5.41) is 6.38. The van der Waals surface area contributed by atoms with Crippen LogP contribution in [-0.4, -0.2) is 31.9 Å². The fourth-order valence-electron chi connectivity index (χ4n) is 4.25. The van der Waals surface area contributed by atoms with Gasteiger partial charge in [-0.25, -0.2) is 9.37 Å². The van der Waals surface area contributed by atoms with E-state index in [-0.39, 0.29) is 41.5 Å². The van der Waals surface area contributed by atoms with Crippen LogP contribution in [0.15, 0.2) is 42.7 Å². The smallest absolute Gasteiger partial charge is 0.231 e. The van der Waals surface area contributed by atoms with Crippen molar-refractivity contribution in [1.82, 2.24) is 19.9 Å². The number of rotatable bonds is 5. The van der Waals surface area contributed by atoms with Gasteiger partial charge in [0, 0.05) is 11.7 Å². The van der Waals surface area contributed by atoms with Crippen molar-refractivity contribution in [3.05, 3.63) is 48.6 Å². The zero-order valence-corrected chi connectivity index (χ0v) is 14.8. The van der Waals surface area contributed by atoms with Gasteiger partial charge in [0.2, 0.25) is 11.9 Å². The lowest BCUT2D eigenvalue weighted by Gasteiger charge is -2.27. The SMILES string of the molecule is NC(=O)C1C2C=CC(C2)C1Nc1nc(Nc2cccc(F)c2)nc2nc[nH]c12. The second kappa shape index (κ2) is 6.29. The molecule has 1 saturated carbocycles. The molecule has 0 radical (unpaired) electrons. The number of primary amides is 1. The van der Waals surface area contributed by atoms with E-state index in [0.29, 0.717) is 22.7 Å². The first-order valence-corrected chi connectivity index (χ1v) is 9.06. The summed E-state index contributed by atoms with van der Waals surface area (Å²) >= 11 is 0. The van der Waals surface area contributed by atoms with Crippen molar-refractivity contribution in [1.29, 1.82) is 0 Å². The third-order valence-electron chi connectivity index (χ3n) is 5.46. The molecule has 1 fully saturated rings. The minimum Gasteiger partial charge on any atom is -0.369 e. The second-order valence-corrected chi connectivity index (χ2v) is 7.18. The molecular formula is C19H18FN7O. The number of aromatic amines is 1. The Balaban J connectivity index is 1.49. The van der Waals surface area contributed by atoms with Crippen molar-refractivity contribution >= 4 is 34.5 Å². The summed E-state index contributed by atoms with van der Waals surface area (Å²) in [5.41, 5.74) is 7.28. The molecule has 4 unspecified atom stereocenters. The highest BCUT2D eigenvalue weighted by Gasteiger charge is 2.47. The highest BCUT2D eigenvalue weighted by Crippen LogP contribution is 2.45. The summed E-state index contributed by atoms with van der Waals surface area (Å²) in [4.78, 5) is 28.1. The molecule has 0 spiro atoms. The number of hydrogen-bond acceptors (Lipinski definition) is 6. The normalized spacial score (nSPS) is 25.3. The largest absolute Gasteiger partial charge is 0.369 e. The number of nitrogens with one attached hydrogen (secondary N) is 3. The van der Waals surface area contributed by atoms with Crippen LogP contribution in [0.1, 0.15) is 6.42 Å². The van der Waals surface area contributed by atoms with E-state index in [1.807, 2.05) is 0 Å². The van der Waals surface area contributed by atoms with E-state index in [2.05, 4.69) is 42.7 Å². The summed E-state index contributed by atoms with van der Waals surface area (Å²) in [6.45, 7) is 0. The van der Waals surface area contributed by atoms with Crippen molar-refractivity contribution < 1.29 is 9.18 Å². The maximum atomic E-state index is 13.5. The van der Waals surface area contributed by atoms with Gasteiger partial charge < -0.3 is 21.4 Å². The topological polar surface area (TPSA) is 122 Å². The van der Waals surface area contributed by atoms with E-state index < -0.39 is 0 Å². The monoisotopic (exact) mass is 379 g/mol. The van der Waals surface area contributed by atoms with E-state index in [1.54, 1.807) is 12.1 Å². The lowest BCUT2D eigenvalue weighted by molar-refractivity contribution is -0.122. The Morgan fingerprint density at radius 1 is 1.25 bits per heavy atom. The molecule has 1 aromatic carbocycles. The number of anilines is 3. The lowest BCUT2D eigenvalue weighted by Crippen LogP contribution is -2.41. The quantitative estimate of drug-likeness (QED) is 0.505. The van der Waals surface area contributed by atoms with Crippen LogP contribution in [0.3, 0.4) is 0 Å². The summed E-state index contributed by atoms with van der Waals surface area (Å²) in [6.07, 6.45) is 6.62. The van der Waals surface area contributed by atoms with Gasteiger partial charge >= 0.3 is 0 Å². The molecule has 3 aromatic rings. The Morgan fingerprint density at radius 3 is 2.93 bits per heavy atom. The zero-order valence-electron chi connectivity index (χ0n) is 14.8. The van der Waals surface area contributed by atoms with Gasteiger partial charge in [-0.2, -0.15) is 9.97 Å². The molecule has 0 aliphatic heterocycles. The van der Waals surface area contributed by atoms with Crippen molar-refractivity contribution in [3.8, 4) is 0 Å². The number of aromatic nitrogens is 4. The summed E-state index contributed by atoms with van der Waals surface area (Å²) in [6, 6.07) is 5.90. The first-order chi connectivity index (χ1) is 13.6. The number of imidazole rings is 1. The first-order valence-electron chi connectivity index (χ1n) is 9.06. The van der Waals surface area contributed by atoms with E-state index in [9.17, 15) is 9.18 Å². The number of amides is 1. The Labute approximate surface area is 159 Å². The molecule has 2 aliphatic rings. The van der Waals surface area contributed by atoms with Crippen molar-refractivity contribution in [2.24, 2.45) is 23.5 Å². The van der Waals surface area contributed by atoms with Crippen LogP contribution in [0.2, 0.25) is 0 Å². The summed E-state index contributed by atoms with van der Waals surface area (Å²) in [7, 11) is 0. The molecule has 2 aromatic heterocycles. The Kier molecular flexibility index (Phi) is 3.75. The predicted molar refractivity (Wildman–Crippen MR) is 102 cm³/mol. The molecule has 4 atom stereocenters. The molecule has 142 valence electrons. The molecule has 9 heteroatoms. The standard InChI is InChI=1S/C19H18FN7O/c20-11-2-1-3-12(7-11)24-19-26-17-15(22-8-23-17)18(27-19)25-14-10-5-4-9(6-10)13(14)16(21)28/h1-5,7-10,13-14H,6H2,(H2,21,28)(H3,22,23,24,25,26,27). The van der Waals surface area contributed by atoms with Crippen molar-refractivity contribution in [3.63, 3.8) is 0 Å². The number of nitrogens with two attached hydrogens (primary N) is 1. The zero-order chi connectivity index (χ0) is 19.3. The minimum atomic E-state index is -0.359. The fourth-order valence-corrected chi connectivity index (χ4v) is 4.25. The molecule has 2 aliphatic carbocycles. The molecule has 5 rings (SSSR count). The highest BCUT2D eigenvalue weighted by molar-refractivity contribution is 5.85. The molecule has 8 nitrogen and oxygen atoms in total. The molecular weight excluding hydrogens is 361 g/mol. The van der Waals surface area contributed by atoms with E-state index in [0.717, 1.165) is 6.42 Å². The third-order valence-corrected chi connectivity index (χ3v) is 5.46. The molecule has 0 saturated heterocycles. The fraction of sp³-hybridized carbons (Fsp3) is 0.263. The van der Waals surface area contributed by atoms with Crippen LogP contribution in [0.4, 0.5) is 21.8 Å². The number of carbonyl (C=O) groups is 1.